The minimum Gasteiger partial charge on any atom is -0.200 e. The number of hydrogen-bond acceptors (Lipinski definition) is 0. The van der Waals surface area contributed by atoms with Crippen LogP contribution < -0.4 is 0 Å². The molecule has 0 rings (SSSR count). The number of alkyl halides is 18. The van der Waals surface area contributed by atoms with Gasteiger partial charge in [0.15, 0.2) is 0 Å². The first-order valence-corrected chi connectivity index (χ1v) is 12.0. The van der Waals surface area contributed by atoms with Crippen molar-refractivity contribution in [2.24, 2.45) is 0 Å². The van der Waals surface area contributed by atoms with Crippen LogP contribution in [0.3, 0.4) is 0 Å². The van der Waals surface area contributed by atoms with Gasteiger partial charge < -0.3 is 0 Å². The summed E-state index contributed by atoms with van der Waals surface area (Å²) in [6.07, 6.45) is -6.25. The number of rotatable bonds is 16. The highest BCUT2D eigenvalue weighted by Gasteiger charge is 2.95. The fraction of sp³-hybridized carbons (Fsp3) is 1.00. The fourth-order valence-electron chi connectivity index (χ4n) is 3.31. The van der Waals surface area contributed by atoms with E-state index in [1.54, 1.807) is 0 Å². The van der Waals surface area contributed by atoms with E-state index >= 15 is 0 Å². The third kappa shape index (κ3) is 6.87. The van der Waals surface area contributed by atoms with Gasteiger partial charge in [0.1, 0.15) is 0 Å². The predicted octanol–water partition coefficient (Wildman–Crippen LogP) is 10.7. The molecule has 230 valence electrons. The average molecular weight is 714 g/mol. The van der Waals surface area contributed by atoms with Crippen LogP contribution in [0, 0.1) is 0 Å². The van der Waals surface area contributed by atoms with E-state index in [4.69, 9.17) is 0 Å². The Balaban J connectivity index is 6.04. The standard InChI is InChI=1S/C20H24F17I/c1-3-4-5-6-7-8-9-10-12(2,38)11-13(21,22)14(23,24)15(25,26)16(27,28)17(29,30)18(31,32)19(33,34)20(35,36)37/h3-11H2,1-2H3. The molecule has 0 amide bonds. The molecule has 0 spiro atoms. The molecule has 0 radical (unpaired) electrons. The van der Waals surface area contributed by atoms with Crippen LogP contribution in [0.1, 0.15) is 71.6 Å². The molecule has 0 aliphatic heterocycles. The molecular formula is C20H24F17I. The Hall–Kier alpha value is -0.460. The summed E-state index contributed by atoms with van der Waals surface area (Å²) in [5.41, 5.74) is 0. The lowest BCUT2D eigenvalue weighted by Crippen LogP contribution is -2.74. The van der Waals surface area contributed by atoms with E-state index in [0.29, 0.717) is 19.3 Å². The minimum atomic E-state index is -8.59. The summed E-state index contributed by atoms with van der Waals surface area (Å²) in [6, 6.07) is 0. The van der Waals surface area contributed by atoms with Crippen molar-refractivity contribution in [3.05, 3.63) is 0 Å². The molecule has 1 unspecified atom stereocenters. The Labute approximate surface area is 220 Å². The van der Waals surface area contributed by atoms with Crippen molar-refractivity contribution in [2.45, 2.75) is 123 Å². The second kappa shape index (κ2) is 11.8. The normalized spacial score (nSPS) is 17.1. The highest BCUT2D eigenvalue weighted by atomic mass is 127. The van der Waals surface area contributed by atoms with Crippen molar-refractivity contribution in [3.63, 3.8) is 0 Å². The lowest BCUT2D eigenvalue weighted by Gasteiger charge is -2.43. The molecule has 0 N–H and O–H groups in total. The van der Waals surface area contributed by atoms with E-state index in [2.05, 4.69) is 0 Å². The van der Waals surface area contributed by atoms with E-state index in [-0.39, 0.29) is 6.42 Å². The van der Waals surface area contributed by atoms with Gasteiger partial charge in [-0.25, -0.2) is 0 Å². The van der Waals surface area contributed by atoms with Gasteiger partial charge >= 0.3 is 47.6 Å². The molecule has 0 aromatic heterocycles. The summed E-state index contributed by atoms with van der Waals surface area (Å²) in [5, 5.41) is 0. The largest absolute Gasteiger partial charge is 0.460 e. The van der Waals surface area contributed by atoms with Crippen LogP contribution in [0.4, 0.5) is 74.6 Å². The van der Waals surface area contributed by atoms with E-state index in [1.807, 2.05) is 6.92 Å². The molecule has 0 saturated heterocycles. The number of hydrogen-bond donors (Lipinski definition) is 0. The van der Waals surface area contributed by atoms with Gasteiger partial charge in [-0.1, -0.05) is 81.4 Å². The molecule has 0 heterocycles. The fourth-order valence-corrected chi connectivity index (χ4v) is 4.17. The molecule has 0 aliphatic rings. The maximum atomic E-state index is 14.2. The first-order valence-electron chi connectivity index (χ1n) is 10.9. The third-order valence-corrected chi connectivity index (χ3v) is 6.60. The van der Waals surface area contributed by atoms with Crippen molar-refractivity contribution in [3.8, 4) is 0 Å². The van der Waals surface area contributed by atoms with Crippen molar-refractivity contribution < 1.29 is 74.6 Å². The SMILES string of the molecule is CCCCCCCCCC(C)(I)CC(F)(F)C(F)(F)C(F)(F)C(F)(F)C(F)(F)C(F)(F)C(F)(F)C(F)(F)F. The maximum absolute atomic E-state index is 14.2. The molecule has 0 aromatic carbocycles. The lowest BCUT2D eigenvalue weighted by atomic mass is 9.85. The highest BCUT2D eigenvalue weighted by Crippen LogP contribution is 2.64. The second-order valence-electron chi connectivity index (χ2n) is 9.11. The predicted molar refractivity (Wildman–Crippen MR) is 110 cm³/mol. The van der Waals surface area contributed by atoms with Crippen LogP contribution in [0.2, 0.25) is 0 Å². The summed E-state index contributed by atoms with van der Waals surface area (Å²) in [5.74, 6) is -55.9. The van der Waals surface area contributed by atoms with E-state index < -0.39 is 63.9 Å². The van der Waals surface area contributed by atoms with Crippen LogP contribution in [0.15, 0.2) is 0 Å². The van der Waals surface area contributed by atoms with E-state index in [0.717, 1.165) is 48.8 Å². The van der Waals surface area contributed by atoms with Gasteiger partial charge in [0.2, 0.25) is 0 Å². The zero-order chi connectivity index (χ0) is 30.9. The highest BCUT2D eigenvalue weighted by molar-refractivity contribution is 14.1. The molecule has 0 nitrogen and oxygen atoms in total. The van der Waals surface area contributed by atoms with Crippen LogP contribution >= 0.6 is 22.6 Å². The summed E-state index contributed by atoms with van der Waals surface area (Å²) >= 11 is 1.07. The van der Waals surface area contributed by atoms with Crippen LogP contribution in [-0.2, 0) is 0 Å². The monoisotopic (exact) mass is 714 g/mol. The zero-order valence-corrected chi connectivity index (χ0v) is 21.8. The molecule has 0 bridgehead atoms. The van der Waals surface area contributed by atoms with Gasteiger partial charge in [-0.3, -0.25) is 0 Å². The van der Waals surface area contributed by atoms with Crippen molar-refractivity contribution in [1.29, 1.82) is 0 Å². The first-order chi connectivity index (χ1) is 16.5. The Bertz CT molecular complexity index is 755. The van der Waals surface area contributed by atoms with E-state index in [1.165, 1.54) is 0 Å². The second-order valence-corrected chi connectivity index (χ2v) is 11.7. The number of unbranched alkanes of at least 4 members (excludes halogenated alkanes) is 6. The average Bonchev–Trinajstić information content (AvgIpc) is 2.70. The van der Waals surface area contributed by atoms with E-state index in [9.17, 15) is 74.6 Å². The Morgan fingerprint density at radius 2 is 0.763 bits per heavy atom. The van der Waals surface area contributed by atoms with Gasteiger partial charge in [-0.2, -0.15) is 74.6 Å². The van der Waals surface area contributed by atoms with Gasteiger partial charge in [0.25, 0.3) is 0 Å². The Morgan fingerprint density at radius 3 is 1.13 bits per heavy atom. The van der Waals surface area contributed by atoms with Gasteiger partial charge in [-0.05, 0) is 6.42 Å². The lowest BCUT2D eigenvalue weighted by molar-refractivity contribution is -0.462. The summed E-state index contributed by atoms with van der Waals surface area (Å²) in [7, 11) is 0. The minimum absolute atomic E-state index is 0.0522. The summed E-state index contributed by atoms with van der Waals surface area (Å²) in [4.78, 5) is 0. The zero-order valence-electron chi connectivity index (χ0n) is 19.7. The quantitative estimate of drug-likeness (QED) is 0.0647. The van der Waals surface area contributed by atoms with Crippen LogP contribution in [0.5, 0.6) is 0 Å². The number of halogens is 18. The molecule has 18 heteroatoms. The molecule has 0 fully saturated rings. The first kappa shape index (κ1) is 37.5. The molecule has 0 saturated carbocycles. The van der Waals surface area contributed by atoms with Crippen LogP contribution in [-0.4, -0.2) is 51.1 Å². The van der Waals surface area contributed by atoms with Crippen molar-refractivity contribution >= 4 is 22.6 Å². The van der Waals surface area contributed by atoms with Gasteiger partial charge in [0, 0.05) is 9.84 Å². The Kier molecular flexibility index (Phi) is 11.7. The molecule has 0 aromatic rings. The molecule has 38 heavy (non-hydrogen) atoms. The molecule has 0 aliphatic carbocycles. The maximum Gasteiger partial charge on any atom is 0.460 e. The van der Waals surface area contributed by atoms with Gasteiger partial charge in [0.05, 0.1) is 0 Å². The summed E-state index contributed by atoms with van der Waals surface area (Å²) in [6.45, 7) is 2.71. The topological polar surface area (TPSA) is 0 Å². The molecular weight excluding hydrogens is 690 g/mol. The third-order valence-electron chi connectivity index (χ3n) is 5.68. The van der Waals surface area contributed by atoms with Gasteiger partial charge in [-0.15, -0.1) is 0 Å². The summed E-state index contributed by atoms with van der Waals surface area (Å²) < 4.78 is 225. The smallest absolute Gasteiger partial charge is 0.200 e. The van der Waals surface area contributed by atoms with Crippen LogP contribution in [0.25, 0.3) is 0 Å². The van der Waals surface area contributed by atoms with Crippen molar-refractivity contribution in [2.75, 3.05) is 0 Å². The Morgan fingerprint density at radius 1 is 0.447 bits per heavy atom. The molecule has 1 atom stereocenters. The van der Waals surface area contributed by atoms with Crippen molar-refractivity contribution in [1.82, 2.24) is 0 Å².